The van der Waals surface area contributed by atoms with Crippen LogP contribution in [0.5, 0.6) is 0 Å². The fourth-order valence-corrected chi connectivity index (χ4v) is 2.49. The van der Waals surface area contributed by atoms with Crippen LogP contribution in [-0.4, -0.2) is 15.9 Å². The molecule has 0 atom stereocenters. The van der Waals surface area contributed by atoms with E-state index in [1.54, 1.807) is 6.21 Å². The number of nitrogens with two attached hydrogens (primary N) is 1. The highest BCUT2D eigenvalue weighted by Crippen LogP contribution is 2.24. The smallest absolute Gasteiger partial charge is 0.184 e. The van der Waals surface area contributed by atoms with E-state index in [1.165, 1.54) is 16.8 Å². The summed E-state index contributed by atoms with van der Waals surface area (Å²) < 4.78 is 2.24. The molecular weight excluding hydrogens is 280 g/mol. The van der Waals surface area contributed by atoms with E-state index in [2.05, 4.69) is 67.1 Å². The summed E-state index contributed by atoms with van der Waals surface area (Å²) in [6.45, 7) is 8.44. The molecule has 2 rings (SSSR count). The minimum Gasteiger partial charge on any atom is -0.375 e. The number of aryl methyl sites for hydroxylation is 2. The number of thiocarbonyl (C=S) groups is 1. The molecule has 2 aromatic rings. The molecule has 0 aliphatic heterocycles. The molecule has 0 radical (unpaired) electrons. The highest BCUT2D eigenvalue weighted by atomic mass is 32.1. The third kappa shape index (κ3) is 3.13. The Morgan fingerprint density at radius 3 is 2.67 bits per heavy atom. The predicted molar refractivity (Wildman–Crippen MR) is 92.2 cm³/mol. The van der Waals surface area contributed by atoms with Crippen molar-refractivity contribution in [3.8, 4) is 5.69 Å². The van der Waals surface area contributed by atoms with E-state index in [1.807, 2.05) is 0 Å². The number of hydrogen-bond donors (Lipinski definition) is 2. The summed E-state index contributed by atoms with van der Waals surface area (Å²) in [5.41, 5.74) is 15.0. The molecule has 0 aliphatic carbocycles. The van der Waals surface area contributed by atoms with Gasteiger partial charge in [-0.15, -0.1) is 0 Å². The number of rotatable bonds is 3. The van der Waals surface area contributed by atoms with Crippen molar-refractivity contribution in [2.75, 3.05) is 0 Å². The van der Waals surface area contributed by atoms with E-state index < -0.39 is 0 Å². The largest absolute Gasteiger partial charge is 0.375 e. The zero-order chi connectivity index (χ0) is 15.6. The molecule has 0 saturated heterocycles. The average Bonchev–Trinajstić information content (AvgIpc) is 2.68. The van der Waals surface area contributed by atoms with E-state index >= 15 is 0 Å². The topological polar surface area (TPSA) is 55.3 Å². The van der Waals surface area contributed by atoms with Gasteiger partial charge in [0.15, 0.2) is 5.11 Å². The quantitative estimate of drug-likeness (QED) is 0.520. The minimum atomic E-state index is 0.162. The zero-order valence-corrected chi connectivity index (χ0v) is 13.6. The number of aromatic nitrogens is 1. The molecule has 0 fully saturated rings. The summed E-state index contributed by atoms with van der Waals surface area (Å²) in [6.07, 6.45) is 1.74. The third-order valence-electron chi connectivity index (χ3n) is 3.67. The summed E-state index contributed by atoms with van der Waals surface area (Å²) in [4.78, 5) is 0. The molecule has 1 heterocycles. The molecule has 110 valence electrons. The van der Waals surface area contributed by atoms with Gasteiger partial charge in [-0.05, 0) is 63.2 Å². The van der Waals surface area contributed by atoms with Gasteiger partial charge in [-0.1, -0.05) is 12.1 Å². The van der Waals surface area contributed by atoms with E-state index in [4.69, 9.17) is 18.0 Å². The number of hydrazone groups is 1. The Kier molecular flexibility index (Phi) is 4.43. The Labute approximate surface area is 130 Å². The molecule has 0 unspecified atom stereocenters. The maximum absolute atomic E-state index is 5.36. The van der Waals surface area contributed by atoms with Crippen molar-refractivity contribution in [1.29, 1.82) is 0 Å². The molecule has 4 nitrogen and oxygen atoms in total. The lowest BCUT2D eigenvalue weighted by atomic mass is 10.1. The van der Waals surface area contributed by atoms with Crippen molar-refractivity contribution in [1.82, 2.24) is 9.99 Å². The Morgan fingerprint density at radius 2 is 2.00 bits per heavy atom. The van der Waals surface area contributed by atoms with E-state index in [0.29, 0.717) is 0 Å². The second kappa shape index (κ2) is 6.10. The summed E-state index contributed by atoms with van der Waals surface area (Å²) in [6, 6.07) is 8.44. The Hall–Kier alpha value is -2.14. The van der Waals surface area contributed by atoms with Crippen molar-refractivity contribution in [2.45, 2.75) is 27.7 Å². The van der Waals surface area contributed by atoms with Gasteiger partial charge in [0.05, 0.1) is 6.21 Å². The summed E-state index contributed by atoms with van der Waals surface area (Å²) >= 11 is 4.73. The van der Waals surface area contributed by atoms with E-state index in [9.17, 15) is 0 Å². The van der Waals surface area contributed by atoms with Gasteiger partial charge in [-0.2, -0.15) is 5.10 Å². The third-order valence-corrected chi connectivity index (χ3v) is 3.76. The summed E-state index contributed by atoms with van der Waals surface area (Å²) in [5.74, 6) is 0. The van der Waals surface area contributed by atoms with Crippen LogP contribution >= 0.6 is 12.2 Å². The van der Waals surface area contributed by atoms with Crippen molar-refractivity contribution in [3.05, 3.63) is 52.3 Å². The molecule has 0 amide bonds. The second-order valence-corrected chi connectivity index (χ2v) is 5.55. The van der Waals surface area contributed by atoms with Crippen LogP contribution in [0.1, 0.15) is 28.1 Å². The van der Waals surface area contributed by atoms with Crippen LogP contribution in [-0.2, 0) is 0 Å². The Morgan fingerprint density at radius 1 is 1.29 bits per heavy atom. The molecular formula is C16H20N4S. The molecule has 5 heteroatoms. The van der Waals surface area contributed by atoms with Crippen molar-refractivity contribution in [2.24, 2.45) is 10.8 Å². The Balaban J connectivity index is 2.47. The van der Waals surface area contributed by atoms with Crippen LogP contribution in [0.3, 0.4) is 0 Å². The first-order chi connectivity index (χ1) is 9.91. The molecule has 3 N–H and O–H groups in total. The van der Waals surface area contributed by atoms with E-state index in [-0.39, 0.29) is 5.11 Å². The van der Waals surface area contributed by atoms with E-state index in [0.717, 1.165) is 17.0 Å². The number of nitrogens with zero attached hydrogens (tertiary/aromatic N) is 2. The summed E-state index contributed by atoms with van der Waals surface area (Å²) in [5, 5.41) is 4.20. The van der Waals surface area contributed by atoms with Crippen molar-refractivity contribution >= 4 is 23.5 Å². The molecule has 1 aromatic carbocycles. The lowest BCUT2D eigenvalue weighted by Crippen LogP contribution is -2.24. The highest BCUT2D eigenvalue weighted by molar-refractivity contribution is 7.80. The zero-order valence-electron chi connectivity index (χ0n) is 12.8. The van der Waals surface area contributed by atoms with Crippen LogP contribution < -0.4 is 11.2 Å². The fourth-order valence-electron chi connectivity index (χ4n) is 2.43. The fraction of sp³-hybridized carbons (Fsp3) is 0.250. The lowest BCUT2D eigenvalue weighted by Gasteiger charge is -2.14. The first-order valence-corrected chi connectivity index (χ1v) is 7.16. The van der Waals surface area contributed by atoms with Gasteiger partial charge < -0.3 is 10.3 Å². The molecule has 0 bridgehead atoms. The first-order valence-electron chi connectivity index (χ1n) is 6.76. The number of nitrogens with one attached hydrogen (secondary N) is 1. The van der Waals surface area contributed by atoms with Crippen LogP contribution in [0.2, 0.25) is 0 Å². The van der Waals surface area contributed by atoms with Gasteiger partial charge in [0.2, 0.25) is 0 Å². The van der Waals surface area contributed by atoms with Crippen molar-refractivity contribution in [3.63, 3.8) is 0 Å². The number of benzene rings is 1. The van der Waals surface area contributed by atoms with Gasteiger partial charge in [0.25, 0.3) is 0 Å². The highest BCUT2D eigenvalue weighted by Gasteiger charge is 2.11. The van der Waals surface area contributed by atoms with Gasteiger partial charge >= 0.3 is 0 Å². The summed E-state index contributed by atoms with van der Waals surface area (Å²) in [7, 11) is 0. The molecule has 1 aromatic heterocycles. The number of hydrogen-bond acceptors (Lipinski definition) is 2. The van der Waals surface area contributed by atoms with Gasteiger partial charge in [0, 0.05) is 22.6 Å². The first kappa shape index (κ1) is 15.3. The van der Waals surface area contributed by atoms with Crippen LogP contribution in [0.15, 0.2) is 29.4 Å². The standard InChI is InChI=1S/C16H20N4S/c1-10-6-5-7-15(12(10)3)20-11(2)8-14(13(20)4)9-18-19-16(17)21/h5-9H,1-4H3,(H3,17,19,21)/b18-9-. The maximum Gasteiger partial charge on any atom is 0.184 e. The SMILES string of the molecule is Cc1cccc(-n2c(C)cc(/C=N\NC(N)=S)c2C)c1C. The van der Waals surface area contributed by atoms with Crippen LogP contribution in [0, 0.1) is 27.7 Å². The average molecular weight is 300 g/mol. The molecule has 0 saturated carbocycles. The van der Waals surface area contributed by atoms with Crippen LogP contribution in [0.4, 0.5) is 0 Å². The molecule has 0 spiro atoms. The normalized spacial score (nSPS) is 11.0. The predicted octanol–water partition coefficient (Wildman–Crippen LogP) is 2.88. The molecule has 21 heavy (non-hydrogen) atoms. The van der Waals surface area contributed by atoms with Gasteiger partial charge in [0.1, 0.15) is 0 Å². The minimum absolute atomic E-state index is 0.162. The van der Waals surface area contributed by atoms with Crippen molar-refractivity contribution < 1.29 is 0 Å². The van der Waals surface area contributed by atoms with Crippen LogP contribution in [0.25, 0.3) is 5.69 Å². The molecule has 0 aliphatic rings. The Bertz CT molecular complexity index is 713. The monoisotopic (exact) mass is 300 g/mol. The second-order valence-electron chi connectivity index (χ2n) is 5.12. The lowest BCUT2D eigenvalue weighted by molar-refractivity contribution is 0.950. The van der Waals surface area contributed by atoms with Gasteiger partial charge in [-0.25, -0.2) is 0 Å². The van der Waals surface area contributed by atoms with Gasteiger partial charge in [-0.3, -0.25) is 5.43 Å². The maximum atomic E-state index is 5.36.